The van der Waals surface area contributed by atoms with Crippen LogP contribution in [-0.2, 0) is 13.2 Å². The topological polar surface area (TPSA) is 113 Å². The van der Waals surface area contributed by atoms with Gasteiger partial charge in [0.25, 0.3) is 11.8 Å². The number of aromatic nitrogens is 1. The number of hydrogen-bond donors (Lipinski definition) is 3. The van der Waals surface area contributed by atoms with Crippen molar-refractivity contribution in [3.8, 4) is 11.5 Å². The molecule has 2 amide bonds. The average Bonchev–Trinajstić information content (AvgIpc) is 2.80. The number of aromatic hydroxyl groups is 1. The molecule has 2 heterocycles. The summed E-state index contributed by atoms with van der Waals surface area (Å²) in [6.45, 7) is -0.421. The number of rotatable bonds is 6. The molecule has 4 rings (SSSR count). The van der Waals surface area contributed by atoms with Crippen molar-refractivity contribution < 1.29 is 28.2 Å². The van der Waals surface area contributed by atoms with Crippen LogP contribution in [0.1, 0.15) is 32.0 Å². The lowest BCUT2D eigenvalue weighted by Crippen LogP contribution is -2.45. The largest absolute Gasteiger partial charge is 0.507 e. The number of ether oxygens (including phenoxy) is 1. The molecule has 0 atom stereocenters. The van der Waals surface area contributed by atoms with Crippen LogP contribution in [0.2, 0.25) is 0 Å². The lowest BCUT2D eigenvalue weighted by Gasteiger charge is -2.29. The summed E-state index contributed by atoms with van der Waals surface area (Å²) in [6.07, 6.45) is 1.15. The molecule has 1 aliphatic heterocycles. The van der Waals surface area contributed by atoms with Crippen LogP contribution in [0, 0.1) is 11.6 Å². The van der Waals surface area contributed by atoms with Gasteiger partial charge in [0.1, 0.15) is 36.2 Å². The highest BCUT2D eigenvalue weighted by Crippen LogP contribution is 2.23. The van der Waals surface area contributed by atoms with E-state index in [1.54, 1.807) is 24.3 Å². The van der Waals surface area contributed by atoms with Gasteiger partial charge in [0, 0.05) is 37.5 Å². The van der Waals surface area contributed by atoms with Crippen molar-refractivity contribution in [3.63, 3.8) is 0 Å². The number of carbonyl (C=O) groups is 2. The number of benzene rings is 2. The minimum Gasteiger partial charge on any atom is -0.507 e. The Balaban J connectivity index is 1.67. The van der Waals surface area contributed by atoms with Gasteiger partial charge < -0.3 is 25.5 Å². The maximum atomic E-state index is 14.0. The van der Waals surface area contributed by atoms with E-state index in [2.05, 4.69) is 10.7 Å². The van der Waals surface area contributed by atoms with Crippen molar-refractivity contribution in [1.29, 1.82) is 0 Å². The van der Waals surface area contributed by atoms with Gasteiger partial charge in [-0.25, -0.2) is 8.78 Å². The summed E-state index contributed by atoms with van der Waals surface area (Å²) < 4.78 is 34.1. The van der Waals surface area contributed by atoms with Crippen molar-refractivity contribution in [1.82, 2.24) is 14.9 Å². The number of nitrogens with one attached hydrogen (secondary N) is 2. The highest BCUT2D eigenvalue weighted by Gasteiger charge is 2.30. The summed E-state index contributed by atoms with van der Waals surface area (Å²) >= 11 is 0. The molecule has 1 aliphatic rings. The van der Waals surface area contributed by atoms with Gasteiger partial charge in [-0.2, -0.15) is 0 Å². The Labute approximate surface area is 192 Å². The van der Waals surface area contributed by atoms with Crippen LogP contribution < -0.4 is 20.9 Å². The maximum absolute atomic E-state index is 14.0. The van der Waals surface area contributed by atoms with Gasteiger partial charge in [-0.3, -0.25) is 19.1 Å². The van der Waals surface area contributed by atoms with E-state index in [9.17, 15) is 28.3 Å². The van der Waals surface area contributed by atoms with Crippen molar-refractivity contribution >= 4 is 11.8 Å². The number of nitrogens with zero attached hydrogens (tertiary/aromatic N) is 2. The highest BCUT2D eigenvalue weighted by molar-refractivity contribution is 5.99. The number of carbonyl (C=O) groups excluding carboxylic acids is 2. The van der Waals surface area contributed by atoms with Gasteiger partial charge in [0.15, 0.2) is 11.4 Å². The molecule has 0 radical (unpaired) electrons. The Morgan fingerprint density at radius 1 is 1.21 bits per heavy atom. The first-order valence-electron chi connectivity index (χ1n) is 10.2. The van der Waals surface area contributed by atoms with Crippen LogP contribution in [0.15, 0.2) is 53.5 Å². The number of fused-ring (bicyclic) bond motifs is 1. The molecule has 0 aliphatic carbocycles. The van der Waals surface area contributed by atoms with Crippen LogP contribution in [0.3, 0.4) is 0 Å². The van der Waals surface area contributed by atoms with Gasteiger partial charge in [-0.05, 0) is 5.56 Å². The van der Waals surface area contributed by atoms with Gasteiger partial charge in [-0.1, -0.05) is 30.3 Å². The van der Waals surface area contributed by atoms with E-state index < -0.39 is 41.2 Å². The second kappa shape index (κ2) is 9.22. The molecule has 0 fully saturated rings. The van der Waals surface area contributed by atoms with Crippen LogP contribution in [0.5, 0.6) is 11.5 Å². The predicted octanol–water partition coefficient (Wildman–Crippen LogP) is 1.93. The Bertz CT molecular complexity index is 1300. The van der Waals surface area contributed by atoms with Crippen molar-refractivity contribution in [2.75, 3.05) is 19.1 Å². The molecule has 0 unspecified atom stereocenters. The first-order valence-corrected chi connectivity index (χ1v) is 10.2. The fraction of sp³-hybridized carbons (Fsp3) is 0.174. The molecular weight excluding hydrogens is 450 g/mol. The van der Waals surface area contributed by atoms with E-state index in [0.717, 1.165) is 11.8 Å². The first-order chi connectivity index (χ1) is 16.3. The molecule has 176 valence electrons. The van der Waals surface area contributed by atoms with Gasteiger partial charge in [-0.15, -0.1) is 0 Å². The standard InChI is InChI=1S/C23H20F2N4O5/c1-28-12-27-29-10-16(22(32)26-9-15-17(25)7-14(24)8-18(15)30)20(31)21(19(29)23(28)33)34-11-13-5-3-2-4-6-13/h2-8,10,27,30H,9,11-12H2,1H3,(H,26,32). The Morgan fingerprint density at radius 3 is 2.65 bits per heavy atom. The van der Waals surface area contributed by atoms with Crippen molar-refractivity contribution in [2.24, 2.45) is 0 Å². The second-order valence-corrected chi connectivity index (χ2v) is 7.58. The average molecular weight is 470 g/mol. The molecular formula is C23H20F2N4O5. The summed E-state index contributed by atoms with van der Waals surface area (Å²) in [5, 5.41) is 12.1. The molecule has 1 aromatic heterocycles. The molecule has 0 bridgehead atoms. The fourth-order valence-electron chi connectivity index (χ4n) is 3.41. The molecule has 0 saturated heterocycles. The summed E-state index contributed by atoms with van der Waals surface area (Å²) in [5.41, 5.74) is 1.99. The van der Waals surface area contributed by atoms with Crippen LogP contribution in [0.25, 0.3) is 0 Å². The zero-order valence-corrected chi connectivity index (χ0v) is 18.0. The molecule has 3 aromatic rings. The molecule has 3 N–H and O–H groups in total. The monoisotopic (exact) mass is 470 g/mol. The van der Waals surface area contributed by atoms with E-state index in [1.807, 2.05) is 6.07 Å². The fourth-order valence-corrected chi connectivity index (χ4v) is 3.41. The molecule has 2 aromatic carbocycles. The molecule has 0 spiro atoms. The second-order valence-electron chi connectivity index (χ2n) is 7.58. The van der Waals surface area contributed by atoms with Crippen LogP contribution >= 0.6 is 0 Å². The lowest BCUT2D eigenvalue weighted by atomic mass is 10.1. The third-order valence-electron chi connectivity index (χ3n) is 5.23. The summed E-state index contributed by atoms with van der Waals surface area (Å²) in [6, 6.07) is 10.2. The van der Waals surface area contributed by atoms with E-state index in [-0.39, 0.29) is 35.8 Å². The maximum Gasteiger partial charge on any atom is 0.277 e. The molecule has 34 heavy (non-hydrogen) atoms. The zero-order valence-electron chi connectivity index (χ0n) is 18.0. The quantitative estimate of drug-likeness (QED) is 0.508. The van der Waals surface area contributed by atoms with E-state index >= 15 is 0 Å². The van der Waals surface area contributed by atoms with Crippen molar-refractivity contribution in [3.05, 3.63) is 92.9 Å². The Morgan fingerprint density at radius 2 is 1.94 bits per heavy atom. The smallest absolute Gasteiger partial charge is 0.277 e. The summed E-state index contributed by atoms with van der Waals surface area (Å²) in [5.74, 6) is -4.41. The minimum atomic E-state index is -1.05. The number of phenols is 1. The number of phenolic OH excluding ortho intramolecular Hbond substituents is 1. The third-order valence-corrected chi connectivity index (χ3v) is 5.23. The van der Waals surface area contributed by atoms with Gasteiger partial charge in [0.2, 0.25) is 5.43 Å². The zero-order chi connectivity index (χ0) is 24.4. The van der Waals surface area contributed by atoms with E-state index in [4.69, 9.17) is 4.74 Å². The minimum absolute atomic E-state index is 0.0280. The van der Waals surface area contributed by atoms with Gasteiger partial charge in [0.05, 0.1) is 0 Å². The number of hydrogen-bond acceptors (Lipinski definition) is 6. The summed E-state index contributed by atoms with van der Waals surface area (Å²) in [4.78, 5) is 40.1. The van der Waals surface area contributed by atoms with Gasteiger partial charge >= 0.3 is 0 Å². The Hall–Kier alpha value is -4.41. The number of halogens is 2. The molecule has 11 heteroatoms. The Kier molecular flexibility index (Phi) is 6.17. The predicted molar refractivity (Wildman–Crippen MR) is 117 cm³/mol. The van der Waals surface area contributed by atoms with E-state index in [0.29, 0.717) is 12.1 Å². The van der Waals surface area contributed by atoms with Crippen molar-refractivity contribution in [2.45, 2.75) is 13.2 Å². The third kappa shape index (κ3) is 4.40. The lowest BCUT2D eigenvalue weighted by molar-refractivity contribution is 0.0758. The number of amides is 2. The normalized spacial score (nSPS) is 12.7. The molecule has 0 saturated carbocycles. The molecule has 9 nitrogen and oxygen atoms in total. The van der Waals surface area contributed by atoms with E-state index in [1.165, 1.54) is 16.6 Å². The summed E-state index contributed by atoms with van der Waals surface area (Å²) in [7, 11) is 1.54. The first kappa shape index (κ1) is 22.8. The number of pyridine rings is 1. The van der Waals surface area contributed by atoms with Crippen LogP contribution in [-0.4, -0.2) is 40.2 Å². The highest BCUT2D eigenvalue weighted by atomic mass is 19.1. The SMILES string of the molecule is CN1CNn2cc(C(=O)NCc3c(O)cc(F)cc3F)c(=O)c(OCc3ccccc3)c2C1=O. The van der Waals surface area contributed by atoms with Crippen LogP contribution in [0.4, 0.5) is 8.78 Å².